The highest BCUT2D eigenvalue weighted by Gasteiger charge is 2.34. The average molecular weight is 752 g/mol. The van der Waals surface area contributed by atoms with Crippen LogP contribution in [0.5, 0.6) is 0 Å². The molecular formula is C42H49N5O8. The normalized spacial score (nSPS) is 18.8. The number of carbonyl (C=O) groups is 2. The highest BCUT2D eigenvalue weighted by Crippen LogP contribution is 2.39. The molecule has 0 bridgehead atoms. The number of rotatable bonds is 16. The zero-order valence-electron chi connectivity index (χ0n) is 30.8. The molecule has 2 fully saturated rings. The first kappa shape index (κ1) is 39.5. The van der Waals surface area contributed by atoms with Crippen LogP contribution in [-0.4, -0.2) is 70.8 Å². The second-order valence-electron chi connectivity index (χ2n) is 14.1. The van der Waals surface area contributed by atoms with E-state index in [0.717, 1.165) is 78.2 Å². The number of carbonyl (C=O) groups excluding carboxylic acids is 2. The summed E-state index contributed by atoms with van der Waals surface area (Å²) in [5.41, 5.74) is 8.43. The van der Waals surface area contributed by atoms with Crippen molar-refractivity contribution < 1.29 is 34.3 Å². The van der Waals surface area contributed by atoms with Crippen molar-refractivity contribution >= 4 is 23.2 Å². The predicted octanol–water partition coefficient (Wildman–Crippen LogP) is 6.19. The third kappa shape index (κ3) is 11.2. The number of nitrogens with zero attached hydrogens (tertiary/aromatic N) is 3. The van der Waals surface area contributed by atoms with Crippen LogP contribution in [-0.2, 0) is 32.2 Å². The van der Waals surface area contributed by atoms with Crippen molar-refractivity contribution in [3.8, 4) is 11.1 Å². The molecule has 4 aromatic rings. The van der Waals surface area contributed by atoms with Crippen molar-refractivity contribution in [1.82, 2.24) is 15.7 Å². The Hall–Kier alpha value is -5.18. The van der Waals surface area contributed by atoms with Crippen LogP contribution in [0.2, 0.25) is 0 Å². The zero-order valence-corrected chi connectivity index (χ0v) is 30.8. The van der Waals surface area contributed by atoms with E-state index in [4.69, 9.17) is 14.7 Å². The van der Waals surface area contributed by atoms with Crippen molar-refractivity contribution in [1.29, 1.82) is 0 Å². The summed E-state index contributed by atoms with van der Waals surface area (Å²) >= 11 is 0. The van der Waals surface area contributed by atoms with Crippen LogP contribution in [0.1, 0.15) is 73.2 Å². The summed E-state index contributed by atoms with van der Waals surface area (Å²) in [6, 6.07) is 30.8. The van der Waals surface area contributed by atoms with Gasteiger partial charge in [0.1, 0.15) is 0 Å². The van der Waals surface area contributed by atoms with Gasteiger partial charge in [-0.15, -0.1) is 0 Å². The van der Waals surface area contributed by atoms with E-state index in [-0.39, 0.29) is 41.8 Å². The van der Waals surface area contributed by atoms with Gasteiger partial charge in [0.2, 0.25) is 11.8 Å². The molecule has 0 saturated carbocycles. The van der Waals surface area contributed by atoms with Crippen LogP contribution < -0.4 is 15.7 Å². The van der Waals surface area contributed by atoms with E-state index < -0.39 is 12.2 Å². The lowest BCUT2D eigenvalue weighted by atomic mass is 9.98. The largest absolute Gasteiger partial charge is 0.392 e. The number of hydroxylamine groups is 1. The SMILES string of the molecule is O=C(CCCCCC(=O)NCc1cccc(-c2cccc(C3OC(CN4CCN(c5ccc([N+](=O)[O-])cc5)CC4)CC(c4ccc(CO)cc4)O3)c2)c1)NO. The molecule has 0 spiro atoms. The number of aliphatic hydroxyl groups is 1. The van der Waals surface area contributed by atoms with Gasteiger partial charge in [0.15, 0.2) is 6.29 Å². The number of hydrogen-bond acceptors (Lipinski definition) is 10. The summed E-state index contributed by atoms with van der Waals surface area (Å²) in [6.45, 7) is 4.36. The average Bonchev–Trinajstić information content (AvgIpc) is 3.23. The number of hydrogen-bond donors (Lipinski definition) is 4. The van der Waals surface area contributed by atoms with Crippen molar-refractivity contribution in [3.63, 3.8) is 0 Å². The van der Waals surface area contributed by atoms with Gasteiger partial charge in [-0.25, -0.2) is 5.48 Å². The van der Waals surface area contributed by atoms with E-state index in [0.29, 0.717) is 32.2 Å². The molecule has 4 aromatic carbocycles. The van der Waals surface area contributed by atoms with Gasteiger partial charge < -0.3 is 24.8 Å². The summed E-state index contributed by atoms with van der Waals surface area (Å²) in [4.78, 5) is 39.0. The Labute approximate surface area is 321 Å². The Morgan fingerprint density at radius 3 is 2.16 bits per heavy atom. The first-order valence-electron chi connectivity index (χ1n) is 18.9. The zero-order chi connectivity index (χ0) is 38.6. The van der Waals surface area contributed by atoms with Gasteiger partial charge in [-0.05, 0) is 64.9 Å². The molecule has 0 aromatic heterocycles. The molecule has 4 N–H and O–H groups in total. The third-order valence-electron chi connectivity index (χ3n) is 10.2. The number of non-ortho nitro benzene ring substituents is 1. The molecule has 2 saturated heterocycles. The lowest BCUT2D eigenvalue weighted by molar-refractivity contribution is -0.384. The predicted molar refractivity (Wildman–Crippen MR) is 207 cm³/mol. The molecule has 55 heavy (non-hydrogen) atoms. The van der Waals surface area contributed by atoms with Gasteiger partial charge in [-0.2, -0.15) is 0 Å². The number of benzene rings is 4. The standard InChI is InChI=1S/C42H49N5O8/c48-29-30-12-14-32(15-13-30)39-26-38(28-45-20-22-46(23-21-45)36-16-18-37(19-17-36)47(52)53)54-42(55-39)35-9-5-8-34(25-35)33-7-4-6-31(24-33)27-43-40(49)10-2-1-3-11-41(50)44-51/h4-9,12-19,24-25,38-39,42,48,51H,1-3,10-11,20-23,26-29H2,(H,43,49)(H,44,50). The molecule has 6 rings (SSSR count). The smallest absolute Gasteiger partial charge is 0.269 e. The summed E-state index contributed by atoms with van der Waals surface area (Å²) in [6.07, 6.45) is 2.35. The summed E-state index contributed by atoms with van der Waals surface area (Å²) < 4.78 is 13.4. The minimum Gasteiger partial charge on any atom is -0.392 e. The van der Waals surface area contributed by atoms with E-state index in [1.165, 1.54) is 0 Å². The molecule has 2 amide bonds. The Morgan fingerprint density at radius 1 is 0.782 bits per heavy atom. The Balaban J connectivity index is 1.09. The highest BCUT2D eigenvalue weighted by atomic mass is 16.7. The summed E-state index contributed by atoms with van der Waals surface area (Å²) in [7, 11) is 0. The van der Waals surface area contributed by atoms with E-state index in [1.807, 2.05) is 72.8 Å². The summed E-state index contributed by atoms with van der Waals surface area (Å²) in [5, 5.41) is 32.3. The van der Waals surface area contributed by atoms with Crippen molar-refractivity contribution in [2.24, 2.45) is 0 Å². The quantitative estimate of drug-likeness (QED) is 0.0449. The molecule has 290 valence electrons. The Bertz CT molecular complexity index is 1880. The van der Waals surface area contributed by atoms with Crippen molar-refractivity contribution in [3.05, 3.63) is 129 Å². The van der Waals surface area contributed by atoms with Gasteiger partial charge in [0.05, 0.1) is 23.7 Å². The lowest BCUT2D eigenvalue weighted by Crippen LogP contribution is -2.49. The van der Waals surface area contributed by atoms with E-state index in [9.17, 15) is 24.8 Å². The van der Waals surface area contributed by atoms with Gasteiger partial charge >= 0.3 is 0 Å². The molecule has 3 atom stereocenters. The lowest BCUT2D eigenvalue weighted by Gasteiger charge is -2.41. The van der Waals surface area contributed by atoms with Crippen LogP contribution in [0.3, 0.4) is 0 Å². The Morgan fingerprint density at radius 2 is 1.47 bits per heavy atom. The maximum absolute atomic E-state index is 12.5. The molecule has 3 unspecified atom stereocenters. The molecule has 2 aliphatic heterocycles. The van der Waals surface area contributed by atoms with Crippen LogP contribution in [0.15, 0.2) is 97.1 Å². The molecular weight excluding hydrogens is 702 g/mol. The number of amides is 2. The minimum atomic E-state index is -0.608. The van der Waals surface area contributed by atoms with Crippen LogP contribution in [0.25, 0.3) is 11.1 Å². The first-order chi connectivity index (χ1) is 26.8. The molecule has 13 heteroatoms. The maximum Gasteiger partial charge on any atom is 0.269 e. The topological polar surface area (TPSA) is 167 Å². The van der Waals surface area contributed by atoms with Crippen molar-refractivity contribution in [2.45, 2.75) is 70.2 Å². The number of ether oxygens (including phenoxy) is 2. The number of aliphatic hydroxyl groups excluding tert-OH is 1. The molecule has 0 radical (unpaired) electrons. The van der Waals surface area contributed by atoms with Gasteiger partial charge in [0.25, 0.3) is 5.69 Å². The third-order valence-corrected chi connectivity index (χ3v) is 10.2. The molecule has 0 aliphatic carbocycles. The fourth-order valence-electron chi connectivity index (χ4n) is 7.11. The molecule has 2 aliphatic rings. The van der Waals surface area contributed by atoms with Gasteiger partial charge in [-0.1, -0.05) is 67.1 Å². The maximum atomic E-state index is 12.5. The highest BCUT2D eigenvalue weighted by molar-refractivity contribution is 5.76. The first-order valence-corrected chi connectivity index (χ1v) is 18.9. The van der Waals surface area contributed by atoms with Crippen molar-refractivity contribution in [2.75, 3.05) is 37.6 Å². The van der Waals surface area contributed by atoms with E-state index in [1.54, 1.807) is 17.6 Å². The fraction of sp³-hybridized carbons (Fsp3) is 0.381. The number of anilines is 1. The van der Waals surface area contributed by atoms with E-state index >= 15 is 0 Å². The minimum absolute atomic E-state index is 0.0264. The number of nitrogens with one attached hydrogen (secondary N) is 2. The van der Waals surface area contributed by atoms with Crippen LogP contribution in [0, 0.1) is 10.1 Å². The number of unbranched alkanes of at least 4 members (excludes halogenated alkanes) is 2. The number of nitro benzene ring substituents is 1. The van der Waals surface area contributed by atoms with Gasteiger partial charge in [0, 0.05) is 81.9 Å². The second kappa shape index (κ2) is 19.4. The van der Waals surface area contributed by atoms with Crippen LogP contribution in [0.4, 0.5) is 11.4 Å². The van der Waals surface area contributed by atoms with E-state index in [2.05, 4.69) is 27.2 Å². The Kier molecular flexibility index (Phi) is 14.0. The van der Waals surface area contributed by atoms with Crippen LogP contribution >= 0.6 is 0 Å². The summed E-state index contributed by atoms with van der Waals surface area (Å²) in [5.74, 6) is -0.468. The molecule has 2 heterocycles. The monoisotopic (exact) mass is 751 g/mol. The molecule has 13 nitrogen and oxygen atoms in total. The second-order valence-corrected chi connectivity index (χ2v) is 14.1. The van der Waals surface area contributed by atoms with Gasteiger partial charge in [-0.3, -0.25) is 29.8 Å². The number of nitro groups is 1. The number of piperazine rings is 1. The fourth-order valence-corrected chi connectivity index (χ4v) is 7.11.